The first-order chi connectivity index (χ1) is 10.5. The molecule has 22 heavy (non-hydrogen) atoms. The molecular weight excluding hydrogens is 304 g/mol. The van der Waals surface area contributed by atoms with Crippen molar-refractivity contribution >= 4 is 29.0 Å². The number of nitro groups is 1. The SMILES string of the molecule is Cc1ccc(NC(=O)CSc2ccc([N+](=O)[O-])cc2)c(O)c1. The number of benzene rings is 2. The predicted molar refractivity (Wildman–Crippen MR) is 85.3 cm³/mol. The highest BCUT2D eigenvalue weighted by atomic mass is 32.2. The number of aromatic hydroxyl groups is 1. The van der Waals surface area contributed by atoms with E-state index in [0.29, 0.717) is 5.69 Å². The van der Waals surface area contributed by atoms with E-state index in [-0.39, 0.29) is 23.1 Å². The Morgan fingerprint density at radius 2 is 1.95 bits per heavy atom. The van der Waals surface area contributed by atoms with Crippen molar-refractivity contribution in [2.45, 2.75) is 11.8 Å². The first-order valence-corrected chi connectivity index (χ1v) is 7.41. The maximum Gasteiger partial charge on any atom is 0.269 e. The average Bonchev–Trinajstić information content (AvgIpc) is 2.48. The Labute approximate surface area is 131 Å². The zero-order valence-corrected chi connectivity index (χ0v) is 12.6. The Morgan fingerprint density at radius 1 is 1.27 bits per heavy atom. The van der Waals surface area contributed by atoms with Gasteiger partial charge in [-0.15, -0.1) is 11.8 Å². The molecular formula is C15H14N2O4S. The number of carbonyl (C=O) groups is 1. The van der Waals surface area contributed by atoms with Crippen LogP contribution in [0.3, 0.4) is 0 Å². The van der Waals surface area contributed by atoms with Crippen molar-refractivity contribution in [3.63, 3.8) is 0 Å². The summed E-state index contributed by atoms with van der Waals surface area (Å²) >= 11 is 1.26. The number of rotatable bonds is 5. The first kappa shape index (κ1) is 15.8. The van der Waals surface area contributed by atoms with Crippen molar-refractivity contribution in [3.05, 3.63) is 58.1 Å². The third kappa shape index (κ3) is 4.23. The van der Waals surface area contributed by atoms with E-state index in [1.807, 2.05) is 6.92 Å². The van der Waals surface area contributed by atoms with Crippen LogP contribution in [0.1, 0.15) is 5.56 Å². The zero-order valence-electron chi connectivity index (χ0n) is 11.8. The summed E-state index contributed by atoms with van der Waals surface area (Å²) in [7, 11) is 0. The van der Waals surface area contributed by atoms with E-state index in [9.17, 15) is 20.0 Å². The minimum atomic E-state index is -0.471. The number of nitrogens with zero attached hydrogens (tertiary/aromatic N) is 1. The van der Waals surface area contributed by atoms with Crippen LogP contribution >= 0.6 is 11.8 Å². The molecule has 0 fully saturated rings. The molecule has 0 bridgehead atoms. The van der Waals surface area contributed by atoms with Crippen LogP contribution in [0.5, 0.6) is 5.75 Å². The second-order valence-electron chi connectivity index (χ2n) is 4.61. The molecule has 0 saturated carbocycles. The molecule has 2 rings (SSSR count). The molecule has 0 saturated heterocycles. The number of non-ortho nitro benzene ring substituents is 1. The minimum Gasteiger partial charge on any atom is -0.506 e. The van der Waals surface area contributed by atoms with E-state index in [2.05, 4.69) is 5.32 Å². The maximum absolute atomic E-state index is 11.8. The molecule has 0 radical (unpaired) electrons. The van der Waals surface area contributed by atoms with E-state index in [1.54, 1.807) is 30.3 Å². The van der Waals surface area contributed by atoms with Gasteiger partial charge in [-0.2, -0.15) is 0 Å². The summed E-state index contributed by atoms with van der Waals surface area (Å²) in [6, 6.07) is 11.0. The molecule has 0 aliphatic carbocycles. The van der Waals surface area contributed by atoms with Crippen LogP contribution in [0.15, 0.2) is 47.4 Å². The number of carbonyl (C=O) groups excluding carboxylic acids is 1. The number of hydrogen-bond donors (Lipinski definition) is 2. The number of anilines is 1. The number of nitro benzene ring substituents is 1. The van der Waals surface area contributed by atoms with Gasteiger partial charge in [-0.05, 0) is 36.8 Å². The van der Waals surface area contributed by atoms with Crippen LogP contribution in [-0.4, -0.2) is 21.7 Å². The van der Waals surface area contributed by atoms with E-state index in [1.165, 1.54) is 23.9 Å². The highest BCUT2D eigenvalue weighted by Crippen LogP contribution is 2.25. The predicted octanol–water partition coefficient (Wildman–Crippen LogP) is 3.34. The Kier molecular flexibility index (Phi) is 5.00. The lowest BCUT2D eigenvalue weighted by Crippen LogP contribution is -2.14. The number of phenols is 1. The average molecular weight is 318 g/mol. The van der Waals surface area contributed by atoms with Gasteiger partial charge in [-0.25, -0.2) is 0 Å². The summed E-state index contributed by atoms with van der Waals surface area (Å²) in [4.78, 5) is 22.7. The molecule has 1 amide bonds. The standard InChI is InChI=1S/C15H14N2O4S/c1-10-2-7-13(14(18)8-10)16-15(19)9-22-12-5-3-11(4-6-12)17(20)21/h2-8,18H,9H2,1H3,(H,16,19). The fourth-order valence-corrected chi connectivity index (χ4v) is 2.45. The van der Waals surface area contributed by atoms with Crippen molar-refractivity contribution in [1.29, 1.82) is 0 Å². The second-order valence-corrected chi connectivity index (χ2v) is 5.66. The summed E-state index contributed by atoms with van der Waals surface area (Å²) in [5.74, 6) is -0.0957. The summed E-state index contributed by atoms with van der Waals surface area (Å²) in [6.45, 7) is 1.84. The molecule has 0 unspecified atom stereocenters. The smallest absolute Gasteiger partial charge is 0.269 e. The largest absolute Gasteiger partial charge is 0.506 e. The van der Waals surface area contributed by atoms with Gasteiger partial charge < -0.3 is 10.4 Å². The number of amides is 1. The van der Waals surface area contributed by atoms with Gasteiger partial charge in [0.1, 0.15) is 5.75 Å². The summed E-state index contributed by atoms with van der Waals surface area (Å²) < 4.78 is 0. The van der Waals surface area contributed by atoms with Gasteiger partial charge in [-0.1, -0.05) is 6.07 Å². The van der Waals surface area contributed by atoms with Gasteiger partial charge >= 0.3 is 0 Å². The molecule has 2 aromatic rings. The zero-order chi connectivity index (χ0) is 16.1. The van der Waals surface area contributed by atoms with Crippen molar-refractivity contribution in [3.8, 4) is 5.75 Å². The first-order valence-electron chi connectivity index (χ1n) is 6.42. The number of aryl methyl sites for hydroxylation is 1. The third-order valence-electron chi connectivity index (χ3n) is 2.84. The number of nitrogens with one attached hydrogen (secondary N) is 1. The van der Waals surface area contributed by atoms with Crippen LogP contribution < -0.4 is 5.32 Å². The fraction of sp³-hybridized carbons (Fsp3) is 0.133. The topological polar surface area (TPSA) is 92.5 Å². The van der Waals surface area contributed by atoms with Gasteiger partial charge in [0.2, 0.25) is 5.91 Å². The van der Waals surface area contributed by atoms with Gasteiger partial charge in [-0.3, -0.25) is 14.9 Å². The van der Waals surface area contributed by atoms with Gasteiger partial charge in [0.25, 0.3) is 5.69 Å². The highest BCUT2D eigenvalue weighted by Gasteiger charge is 2.08. The van der Waals surface area contributed by atoms with Gasteiger partial charge in [0, 0.05) is 17.0 Å². The molecule has 0 aromatic heterocycles. The summed E-state index contributed by atoms with van der Waals surface area (Å²) in [5, 5.41) is 22.9. The Bertz CT molecular complexity index is 701. The van der Waals surface area contributed by atoms with E-state index in [0.717, 1.165) is 10.5 Å². The van der Waals surface area contributed by atoms with Crippen LogP contribution in [0, 0.1) is 17.0 Å². The molecule has 0 aliphatic heterocycles. The summed E-state index contributed by atoms with van der Waals surface area (Å²) in [6.07, 6.45) is 0. The lowest BCUT2D eigenvalue weighted by molar-refractivity contribution is -0.384. The Hall–Kier alpha value is -2.54. The summed E-state index contributed by atoms with van der Waals surface area (Å²) in [5.41, 5.74) is 1.27. The molecule has 2 N–H and O–H groups in total. The van der Waals surface area contributed by atoms with E-state index >= 15 is 0 Å². The Morgan fingerprint density at radius 3 is 2.55 bits per heavy atom. The highest BCUT2D eigenvalue weighted by molar-refractivity contribution is 8.00. The van der Waals surface area contributed by atoms with Gasteiger partial charge in [0.05, 0.1) is 16.4 Å². The van der Waals surface area contributed by atoms with Crippen molar-refractivity contribution in [2.75, 3.05) is 11.1 Å². The van der Waals surface area contributed by atoms with Crippen molar-refractivity contribution in [1.82, 2.24) is 0 Å². The molecule has 0 atom stereocenters. The monoisotopic (exact) mass is 318 g/mol. The van der Waals surface area contributed by atoms with Crippen LogP contribution in [0.2, 0.25) is 0 Å². The van der Waals surface area contributed by atoms with Crippen LogP contribution in [-0.2, 0) is 4.79 Å². The van der Waals surface area contributed by atoms with Crippen LogP contribution in [0.25, 0.3) is 0 Å². The quantitative estimate of drug-likeness (QED) is 0.382. The van der Waals surface area contributed by atoms with Gasteiger partial charge in [0.15, 0.2) is 0 Å². The third-order valence-corrected chi connectivity index (χ3v) is 3.86. The van der Waals surface area contributed by atoms with Crippen LogP contribution in [0.4, 0.5) is 11.4 Å². The lowest BCUT2D eigenvalue weighted by atomic mass is 10.2. The number of thioether (sulfide) groups is 1. The molecule has 0 aliphatic rings. The molecule has 0 spiro atoms. The molecule has 6 nitrogen and oxygen atoms in total. The van der Waals surface area contributed by atoms with E-state index < -0.39 is 4.92 Å². The lowest BCUT2D eigenvalue weighted by Gasteiger charge is -2.07. The van der Waals surface area contributed by atoms with Crippen molar-refractivity contribution < 1.29 is 14.8 Å². The molecule has 2 aromatic carbocycles. The Balaban J connectivity index is 1.91. The molecule has 114 valence electrons. The second kappa shape index (κ2) is 6.95. The van der Waals surface area contributed by atoms with Crippen molar-refractivity contribution in [2.24, 2.45) is 0 Å². The molecule has 7 heteroatoms. The number of hydrogen-bond acceptors (Lipinski definition) is 5. The number of phenolic OH excluding ortho intramolecular Hbond substituents is 1. The molecule has 0 heterocycles. The minimum absolute atomic E-state index is 0.0124. The fourth-order valence-electron chi connectivity index (χ4n) is 1.75. The maximum atomic E-state index is 11.8. The normalized spacial score (nSPS) is 10.2. The van der Waals surface area contributed by atoms with E-state index in [4.69, 9.17) is 0 Å².